The first kappa shape index (κ1) is 46.2. The van der Waals surface area contributed by atoms with Crippen LogP contribution in [0.3, 0.4) is 0 Å². The summed E-state index contributed by atoms with van der Waals surface area (Å²) in [5.74, 6) is -0.143. The van der Waals surface area contributed by atoms with Crippen LogP contribution in [0.25, 0.3) is 137 Å². The van der Waals surface area contributed by atoms with E-state index in [2.05, 4.69) is 262 Å². The van der Waals surface area contributed by atoms with Crippen LogP contribution in [0.1, 0.15) is 78.2 Å². The Bertz CT molecular complexity index is 5230. The monoisotopic (exact) mass is 1050 g/mol. The van der Waals surface area contributed by atoms with Crippen molar-refractivity contribution in [3.05, 3.63) is 242 Å². The number of nitrogens with zero attached hydrogens (tertiary/aromatic N) is 5. The zero-order chi connectivity index (χ0) is 55.2. The van der Waals surface area contributed by atoms with Gasteiger partial charge in [-0.15, -0.1) is 0 Å². The van der Waals surface area contributed by atoms with Crippen LogP contribution in [0.2, 0.25) is 0 Å². The van der Waals surface area contributed by atoms with Crippen LogP contribution in [-0.4, -0.2) is 22.8 Å². The lowest BCUT2D eigenvalue weighted by atomic mass is 9.76. The van der Waals surface area contributed by atoms with E-state index in [9.17, 15) is 0 Å². The Morgan fingerprint density at radius 1 is 0.207 bits per heavy atom. The largest absolute Gasteiger partial charge is 0.306 e. The Morgan fingerprint density at radius 3 is 0.671 bits per heavy atom. The highest BCUT2D eigenvalue weighted by Crippen LogP contribution is 2.61. The minimum absolute atomic E-state index is 0.143. The lowest BCUT2D eigenvalue weighted by molar-refractivity contribution is 0.860. The van der Waals surface area contributed by atoms with E-state index in [1.807, 2.05) is 0 Å². The van der Waals surface area contributed by atoms with Gasteiger partial charge in [-0.1, -0.05) is 116 Å². The van der Waals surface area contributed by atoms with Crippen molar-refractivity contribution in [1.82, 2.24) is 22.8 Å². The SMILES string of the molecule is Cc1ccc2c(c1)c1cc(C)ccc1n2-c1c(-n2c3ccc(C)cc3c3cc(C)ccc32)c2c3c(c1-n1c4ccc(C)cc4c4cc(C)ccc41)-n1c4ccc(C)cc4c4cc(C)cc(c41)C3c1cc(C)cc3c4cc(C)ccc4n-2c13. The van der Waals surface area contributed by atoms with E-state index < -0.39 is 0 Å². The van der Waals surface area contributed by atoms with E-state index in [0.717, 1.165) is 17.1 Å². The van der Waals surface area contributed by atoms with Gasteiger partial charge >= 0.3 is 0 Å². The van der Waals surface area contributed by atoms with Gasteiger partial charge in [0.1, 0.15) is 0 Å². The third-order valence-electron chi connectivity index (χ3n) is 19.0. The molecule has 11 aromatic carbocycles. The number of fused-ring (bicyclic) bond motifs is 19. The maximum absolute atomic E-state index is 2.74. The summed E-state index contributed by atoms with van der Waals surface area (Å²) in [6.45, 7) is 22.6. The third kappa shape index (κ3) is 5.77. The lowest BCUT2D eigenvalue weighted by Gasteiger charge is -2.40. The molecule has 16 aromatic rings. The van der Waals surface area contributed by atoms with Crippen LogP contribution in [0.15, 0.2) is 170 Å². The molecule has 0 aliphatic carbocycles. The maximum atomic E-state index is 2.74. The normalized spacial score (nSPS) is 13.2. The number of aromatic nitrogens is 5. The van der Waals surface area contributed by atoms with Crippen LogP contribution < -0.4 is 0 Å². The van der Waals surface area contributed by atoms with Crippen molar-refractivity contribution >= 4 is 109 Å². The molecule has 2 aliphatic rings. The number of hydrogen-bond donors (Lipinski definition) is 0. The van der Waals surface area contributed by atoms with E-state index in [1.54, 1.807) is 0 Å². The minimum Gasteiger partial charge on any atom is -0.306 e. The number of hydrogen-bond acceptors (Lipinski definition) is 0. The molecule has 5 heteroatoms. The molecule has 2 aliphatic heterocycles. The molecule has 0 unspecified atom stereocenters. The molecule has 0 N–H and O–H groups in total. The molecule has 0 spiro atoms. The zero-order valence-electron chi connectivity index (χ0n) is 48.0. The van der Waals surface area contributed by atoms with E-state index in [1.165, 1.54) is 193 Å². The number of aryl methyl sites for hydroxylation is 10. The molecule has 5 aromatic heterocycles. The van der Waals surface area contributed by atoms with Gasteiger partial charge < -0.3 is 22.8 Å². The highest BCUT2D eigenvalue weighted by atomic mass is 15.2. The molecule has 18 rings (SSSR count). The second kappa shape index (κ2) is 15.7. The topological polar surface area (TPSA) is 24.6 Å². The summed E-state index contributed by atoms with van der Waals surface area (Å²) >= 11 is 0. The van der Waals surface area contributed by atoms with Crippen molar-refractivity contribution in [2.45, 2.75) is 75.2 Å². The molecular formula is C77H59N5. The molecule has 0 amide bonds. The molecule has 82 heavy (non-hydrogen) atoms. The van der Waals surface area contributed by atoms with Crippen molar-refractivity contribution in [2.75, 3.05) is 0 Å². The Labute approximate surface area is 475 Å². The third-order valence-corrected chi connectivity index (χ3v) is 19.0. The first-order valence-corrected chi connectivity index (χ1v) is 29.2. The summed E-state index contributed by atoms with van der Waals surface area (Å²) in [4.78, 5) is 0. The maximum Gasteiger partial charge on any atom is 0.0990 e. The summed E-state index contributed by atoms with van der Waals surface area (Å²) in [6.07, 6.45) is 0. The van der Waals surface area contributed by atoms with Gasteiger partial charge in [0.25, 0.3) is 0 Å². The Hall–Kier alpha value is -9.58. The molecule has 0 saturated heterocycles. The highest BCUT2D eigenvalue weighted by Gasteiger charge is 2.45. The quantitative estimate of drug-likeness (QED) is 0.168. The lowest BCUT2D eigenvalue weighted by Crippen LogP contribution is -2.27. The number of benzene rings is 11. The summed E-state index contributed by atoms with van der Waals surface area (Å²) < 4.78 is 13.6. The Kier molecular flexibility index (Phi) is 8.82. The Balaban J connectivity index is 1.24. The van der Waals surface area contributed by atoms with Crippen molar-refractivity contribution < 1.29 is 0 Å². The molecule has 0 radical (unpaired) electrons. The summed E-state index contributed by atoms with van der Waals surface area (Å²) in [7, 11) is 0. The zero-order valence-corrected chi connectivity index (χ0v) is 48.0. The average molecular weight is 1050 g/mol. The van der Waals surface area contributed by atoms with Crippen molar-refractivity contribution in [2.24, 2.45) is 0 Å². The van der Waals surface area contributed by atoms with E-state index >= 15 is 0 Å². The number of rotatable bonds is 3. The van der Waals surface area contributed by atoms with Gasteiger partial charge in [0, 0.05) is 65.3 Å². The smallest absolute Gasteiger partial charge is 0.0990 e. The van der Waals surface area contributed by atoms with Crippen molar-refractivity contribution in [3.8, 4) is 28.4 Å². The fraction of sp³-hybridized carbons (Fsp3) is 0.143. The summed E-state index contributed by atoms with van der Waals surface area (Å²) in [5, 5.41) is 12.7. The van der Waals surface area contributed by atoms with Crippen LogP contribution in [0.5, 0.6) is 0 Å². The standard InChI is InChI=1S/C77H59N5/c1-39-11-19-61-49(27-39)50-28-40(2)12-20-62(50)78(61)75-73-70-69(59-37-47(9)35-57-55-33-45(7)17-25-67(55)81(73)71(57)59)60-38-48(10)36-58-56-34-46(8)18-26-68(56)82(72(58)60)74(70)76(79-63-21-13-41(3)29-51(63)52-30-42(4)14-22-64(52)79)77(75)80-65-23-15-43(5)31-53(65)54-32-44(6)16-24-66(54)80/h11-38,69H,1-10H3. The molecule has 0 saturated carbocycles. The van der Waals surface area contributed by atoms with Gasteiger partial charge in [-0.2, -0.15) is 0 Å². The second-order valence-electron chi connectivity index (χ2n) is 24.9. The summed E-state index contributed by atoms with van der Waals surface area (Å²) in [6, 6.07) is 67.4. The molecule has 7 heterocycles. The predicted octanol–water partition coefficient (Wildman–Crippen LogP) is 20.1. The first-order valence-electron chi connectivity index (χ1n) is 29.2. The van der Waals surface area contributed by atoms with E-state index in [4.69, 9.17) is 0 Å². The van der Waals surface area contributed by atoms with Crippen LogP contribution in [0.4, 0.5) is 0 Å². The van der Waals surface area contributed by atoms with Gasteiger partial charge in [-0.25, -0.2) is 0 Å². The fourth-order valence-electron chi connectivity index (χ4n) is 15.8. The molecule has 392 valence electrons. The van der Waals surface area contributed by atoms with Crippen LogP contribution in [-0.2, 0) is 0 Å². The molecule has 0 bridgehead atoms. The van der Waals surface area contributed by atoms with Crippen LogP contribution in [0, 0.1) is 69.2 Å². The fourth-order valence-corrected chi connectivity index (χ4v) is 15.8. The van der Waals surface area contributed by atoms with Gasteiger partial charge in [0.2, 0.25) is 0 Å². The Morgan fingerprint density at radius 2 is 0.415 bits per heavy atom. The summed E-state index contributed by atoms with van der Waals surface area (Å²) in [5.41, 5.74) is 34.5. The average Bonchev–Trinajstić information content (AvgIpc) is 1.43. The first-order chi connectivity index (χ1) is 39.8. The minimum atomic E-state index is -0.143. The second-order valence-corrected chi connectivity index (χ2v) is 24.9. The molecule has 0 atom stereocenters. The van der Waals surface area contributed by atoms with E-state index in [-0.39, 0.29) is 5.92 Å². The van der Waals surface area contributed by atoms with Crippen LogP contribution >= 0.6 is 0 Å². The van der Waals surface area contributed by atoms with E-state index in [0.29, 0.717) is 0 Å². The van der Waals surface area contributed by atoms with Gasteiger partial charge in [-0.05, 0) is 190 Å². The van der Waals surface area contributed by atoms with Crippen molar-refractivity contribution in [1.29, 1.82) is 0 Å². The highest BCUT2D eigenvalue weighted by molar-refractivity contribution is 6.20. The van der Waals surface area contributed by atoms with Gasteiger partial charge in [0.05, 0.1) is 83.6 Å². The van der Waals surface area contributed by atoms with Gasteiger partial charge in [0.15, 0.2) is 0 Å². The molecule has 0 fully saturated rings. The molecule has 5 nitrogen and oxygen atoms in total. The van der Waals surface area contributed by atoms with Gasteiger partial charge in [-0.3, -0.25) is 0 Å². The molecular weight excluding hydrogens is 995 g/mol. The van der Waals surface area contributed by atoms with Crippen molar-refractivity contribution in [3.63, 3.8) is 0 Å². The predicted molar refractivity (Wildman–Crippen MR) is 346 cm³/mol.